The molecule has 0 bridgehead atoms. The number of para-hydroxylation sites is 2. The van der Waals surface area contributed by atoms with Gasteiger partial charge in [0.25, 0.3) is 11.8 Å². The van der Waals surface area contributed by atoms with Gasteiger partial charge in [-0.25, -0.2) is 19.5 Å². The van der Waals surface area contributed by atoms with Gasteiger partial charge in [-0.15, -0.1) is 0 Å². The Bertz CT molecular complexity index is 2150. The molecular weight excluding hydrogens is 534 g/mol. The Morgan fingerprint density at radius 1 is 0.643 bits per heavy atom. The minimum atomic E-state index is -0.842. The highest BCUT2D eigenvalue weighted by atomic mass is 16.6. The molecule has 3 heterocycles. The second-order valence-corrected chi connectivity index (χ2v) is 9.99. The van der Waals surface area contributed by atoms with Crippen LogP contribution in [0.1, 0.15) is 41.4 Å². The number of anilines is 1. The number of carbonyl (C=O) groups excluding carboxylic acids is 4. The summed E-state index contributed by atoms with van der Waals surface area (Å²) in [5, 5.41) is 11.4. The number of amides is 2. The van der Waals surface area contributed by atoms with Crippen LogP contribution in [-0.4, -0.2) is 38.4 Å². The van der Waals surface area contributed by atoms with E-state index in [0.29, 0.717) is 11.5 Å². The van der Waals surface area contributed by atoms with Gasteiger partial charge in [0.2, 0.25) is 0 Å². The number of phenolic OH excluding ortho intramolecular Hbond substituents is 1. The number of aromatic nitrogens is 2. The van der Waals surface area contributed by atoms with Crippen LogP contribution in [0, 0.1) is 0 Å². The SMILES string of the molecule is O=C1OC(=O)c2ccc3c4c(ccc1c24)C(=O)N(c1cc(-n2c(-c4ccccc4)nc4ccccc42)ccc1O)C3=O. The number of carbonyl (C=O) groups is 4. The molecule has 9 heteroatoms. The van der Waals surface area contributed by atoms with Crippen LogP contribution in [0.25, 0.3) is 38.9 Å². The second-order valence-electron chi connectivity index (χ2n) is 9.99. The average molecular weight is 552 g/mol. The third-order valence-electron chi connectivity index (χ3n) is 7.70. The molecule has 5 aromatic carbocycles. The van der Waals surface area contributed by atoms with Gasteiger partial charge in [-0.2, -0.15) is 0 Å². The molecule has 8 rings (SSSR count). The fourth-order valence-electron chi connectivity index (χ4n) is 5.84. The first-order valence-corrected chi connectivity index (χ1v) is 13.0. The molecule has 0 unspecified atom stereocenters. The summed E-state index contributed by atoms with van der Waals surface area (Å²) in [4.78, 5) is 58.4. The number of imidazole rings is 1. The molecule has 0 fully saturated rings. The Morgan fingerprint density at radius 2 is 1.24 bits per heavy atom. The Hall–Kier alpha value is -6.09. The number of fused-ring (bicyclic) bond motifs is 1. The summed E-state index contributed by atoms with van der Waals surface area (Å²) < 4.78 is 6.72. The van der Waals surface area contributed by atoms with Crippen LogP contribution in [0.5, 0.6) is 5.75 Å². The lowest BCUT2D eigenvalue weighted by molar-refractivity contribution is 0.0390. The lowest BCUT2D eigenvalue weighted by Crippen LogP contribution is -2.41. The van der Waals surface area contributed by atoms with Crippen LogP contribution in [0.2, 0.25) is 0 Å². The molecule has 200 valence electrons. The first-order valence-electron chi connectivity index (χ1n) is 13.0. The summed E-state index contributed by atoms with van der Waals surface area (Å²) in [6.07, 6.45) is 0. The minimum Gasteiger partial charge on any atom is -0.506 e. The predicted molar refractivity (Wildman–Crippen MR) is 153 cm³/mol. The van der Waals surface area contributed by atoms with Crippen molar-refractivity contribution in [3.05, 3.63) is 119 Å². The molecule has 0 spiro atoms. The quantitative estimate of drug-likeness (QED) is 0.171. The maximum atomic E-state index is 13.9. The van der Waals surface area contributed by atoms with E-state index in [4.69, 9.17) is 9.72 Å². The van der Waals surface area contributed by atoms with Gasteiger partial charge in [-0.1, -0.05) is 42.5 Å². The van der Waals surface area contributed by atoms with E-state index in [1.807, 2.05) is 59.2 Å². The summed E-state index contributed by atoms with van der Waals surface area (Å²) in [6.45, 7) is 0. The number of rotatable bonds is 3. The van der Waals surface area contributed by atoms with Gasteiger partial charge in [0.15, 0.2) is 0 Å². The van der Waals surface area contributed by atoms with Crippen molar-refractivity contribution in [3.8, 4) is 22.8 Å². The number of hydrogen-bond donors (Lipinski definition) is 1. The molecule has 0 atom stereocenters. The molecule has 0 saturated carbocycles. The smallest absolute Gasteiger partial charge is 0.346 e. The third kappa shape index (κ3) is 3.15. The van der Waals surface area contributed by atoms with Crippen molar-refractivity contribution in [1.82, 2.24) is 9.55 Å². The van der Waals surface area contributed by atoms with Crippen molar-refractivity contribution >= 4 is 51.2 Å². The van der Waals surface area contributed by atoms with Crippen LogP contribution in [0.4, 0.5) is 5.69 Å². The van der Waals surface area contributed by atoms with Crippen molar-refractivity contribution in [1.29, 1.82) is 0 Å². The Kier molecular flexibility index (Phi) is 4.78. The molecule has 42 heavy (non-hydrogen) atoms. The van der Waals surface area contributed by atoms with Crippen molar-refractivity contribution in [3.63, 3.8) is 0 Å². The predicted octanol–water partition coefficient (Wildman–Crippen LogP) is 5.66. The highest BCUT2D eigenvalue weighted by Gasteiger charge is 2.39. The standard InChI is InChI=1S/C33H17N3O6/c37-26-15-10-18(35-24-9-5-4-8-23(24)34-29(35)17-6-2-1-3-7-17)16-25(26)36-30(38)19-11-13-21-28-22(33(41)42-32(21)40)14-12-20(27(19)28)31(36)39/h1-16,37H. The Labute approximate surface area is 236 Å². The topological polar surface area (TPSA) is 119 Å². The van der Waals surface area contributed by atoms with Crippen molar-refractivity contribution in [2.45, 2.75) is 0 Å². The average Bonchev–Trinajstić information content (AvgIpc) is 3.40. The monoisotopic (exact) mass is 551 g/mol. The third-order valence-corrected chi connectivity index (χ3v) is 7.70. The van der Waals surface area contributed by atoms with Gasteiger partial charge in [0, 0.05) is 27.5 Å². The number of aromatic hydroxyl groups is 1. The molecular formula is C33H17N3O6. The maximum Gasteiger partial charge on any atom is 0.346 e. The van der Waals surface area contributed by atoms with E-state index < -0.39 is 23.8 Å². The fourth-order valence-corrected chi connectivity index (χ4v) is 5.84. The lowest BCUT2D eigenvalue weighted by Gasteiger charge is -2.29. The molecule has 0 radical (unpaired) electrons. The fraction of sp³-hybridized carbons (Fsp3) is 0. The molecule has 1 aromatic heterocycles. The highest BCUT2D eigenvalue weighted by molar-refractivity contribution is 6.38. The van der Waals surface area contributed by atoms with Crippen LogP contribution in [0.15, 0.2) is 97.1 Å². The lowest BCUT2D eigenvalue weighted by atomic mass is 9.87. The number of esters is 2. The van der Waals surface area contributed by atoms with Crippen molar-refractivity contribution < 1.29 is 29.0 Å². The largest absolute Gasteiger partial charge is 0.506 e. The molecule has 2 amide bonds. The summed E-state index contributed by atoms with van der Waals surface area (Å²) >= 11 is 0. The number of cyclic esters (lactones) is 2. The zero-order chi connectivity index (χ0) is 28.7. The van der Waals surface area contributed by atoms with E-state index in [2.05, 4.69) is 0 Å². The van der Waals surface area contributed by atoms with Gasteiger partial charge in [0.1, 0.15) is 11.6 Å². The van der Waals surface area contributed by atoms with Gasteiger partial charge >= 0.3 is 11.9 Å². The van der Waals surface area contributed by atoms with Crippen LogP contribution in [0.3, 0.4) is 0 Å². The summed E-state index contributed by atoms with van der Waals surface area (Å²) in [6, 6.07) is 27.6. The minimum absolute atomic E-state index is 0.0196. The van der Waals surface area contributed by atoms with Gasteiger partial charge in [-0.3, -0.25) is 14.2 Å². The second kappa shape index (κ2) is 8.45. The first-order chi connectivity index (χ1) is 20.4. The highest BCUT2D eigenvalue weighted by Crippen LogP contribution is 2.41. The number of hydrogen-bond acceptors (Lipinski definition) is 7. The van der Waals surface area contributed by atoms with E-state index in [9.17, 15) is 24.3 Å². The van der Waals surface area contributed by atoms with Gasteiger partial charge in [-0.05, 0) is 54.6 Å². The normalized spacial score (nSPS) is 14.1. The maximum absolute atomic E-state index is 13.9. The number of ether oxygens (including phenoxy) is 1. The molecule has 0 saturated heterocycles. The van der Waals surface area contributed by atoms with E-state index in [1.165, 1.54) is 30.3 Å². The number of benzene rings is 5. The summed E-state index contributed by atoms with van der Waals surface area (Å²) in [5.41, 5.74) is 3.40. The van der Waals surface area contributed by atoms with Crippen molar-refractivity contribution in [2.75, 3.05) is 4.90 Å². The molecule has 2 aliphatic rings. The molecule has 6 aromatic rings. The first kappa shape index (κ1) is 23.8. The van der Waals surface area contributed by atoms with Crippen LogP contribution in [-0.2, 0) is 4.74 Å². The number of phenols is 1. The molecule has 0 aliphatic carbocycles. The van der Waals surface area contributed by atoms with Gasteiger partial charge in [0.05, 0.1) is 33.5 Å². The molecule has 1 N–H and O–H groups in total. The Balaban J connectivity index is 1.33. The van der Waals surface area contributed by atoms with E-state index in [-0.39, 0.29) is 44.5 Å². The zero-order valence-electron chi connectivity index (χ0n) is 21.6. The van der Waals surface area contributed by atoms with Crippen LogP contribution < -0.4 is 4.90 Å². The van der Waals surface area contributed by atoms with Crippen molar-refractivity contribution in [2.24, 2.45) is 0 Å². The number of imide groups is 1. The van der Waals surface area contributed by atoms with E-state index in [0.717, 1.165) is 21.5 Å². The summed E-state index contributed by atoms with van der Waals surface area (Å²) in [7, 11) is 0. The zero-order valence-corrected chi connectivity index (χ0v) is 21.6. The van der Waals surface area contributed by atoms with E-state index >= 15 is 0 Å². The Morgan fingerprint density at radius 3 is 1.93 bits per heavy atom. The van der Waals surface area contributed by atoms with Gasteiger partial charge < -0.3 is 9.84 Å². The molecule has 2 aliphatic heterocycles. The van der Waals surface area contributed by atoms with Crippen LogP contribution >= 0.6 is 0 Å². The summed E-state index contributed by atoms with van der Waals surface area (Å²) in [5.74, 6) is -2.72. The van der Waals surface area contributed by atoms with E-state index in [1.54, 1.807) is 12.1 Å². The number of nitrogens with zero attached hydrogens (tertiary/aromatic N) is 3. The molecule has 9 nitrogen and oxygen atoms in total.